The average Bonchev–Trinajstić information content (AvgIpc) is 2.48. The van der Waals surface area contributed by atoms with Crippen LogP contribution in [-0.2, 0) is 4.74 Å². The summed E-state index contributed by atoms with van der Waals surface area (Å²) in [7, 11) is 0. The second-order valence-electron chi connectivity index (χ2n) is 5.29. The number of anilines is 1. The van der Waals surface area contributed by atoms with Crippen molar-refractivity contribution < 1.29 is 19.0 Å². The van der Waals surface area contributed by atoms with Crippen LogP contribution in [0, 0.1) is 12.7 Å². The number of piperidine rings is 1. The van der Waals surface area contributed by atoms with Gasteiger partial charge in [0, 0.05) is 18.8 Å². The zero-order valence-corrected chi connectivity index (χ0v) is 12.1. The molecule has 5 nitrogen and oxygen atoms in total. The first-order valence-corrected chi connectivity index (χ1v) is 7.10. The van der Waals surface area contributed by atoms with Gasteiger partial charge in [0.2, 0.25) is 0 Å². The van der Waals surface area contributed by atoms with Gasteiger partial charge >= 0.3 is 0 Å². The molecule has 116 valence electrons. The van der Waals surface area contributed by atoms with Crippen molar-refractivity contribution in [1.29, 1.82) is 0 Å². The number of nitrogen functional groups attached to an aromatic ring is 1. The SMILES string of the molecule is Cc1cc(N)cc(C(=O)N2CCC(OCCO)CC2)c1F. The fourth-order valence-corrected chi connectivity index (χ4v) is 2.57. The van der Waals surface area contributed by atoms with Gasteiger partial charge in [0.15, 0.2) is 0 Å². The molecule has 2 rings (SSSR count). The van der Waals surface area contributed by atoms with Crippen LogP contribution in [-0.4, -0.2) is 48.3 Å². The molecule has 1 aromatic carbocycles. The average molecular weight is 296 g/mol. The molecule has 0 atom stereocenters. The Morgan fingerprint density at radius 2 is 2.14 bits per heavy atom. The minimum atomic E-state index is -0.507. The number of benzene rings is 1. The number of nitrogens with two attached hydrogens (primary N) is 1. The van der Waals surface area contributed by atoms with E-state index in [2.05, 4.69) is 0 Å². The van der Waals surface area contributed by atoms with Crippen LogP contribution >= 0.6 is 0 Å². The third-order valence-corrected chi connectivity index (χ3v) is 3.68. The number of hydrogen-bond acceptors (Lipinski definition) is 4. The molecule has 3 N–H and O–H groups in total. The monoisotopic (exact) mass is 296 g/mol. The molecule has 0 saturated carbocycles. The summed E-state index contributed by atoms with van der Waals surface area (Å²) < 4.78 is 19.5. The van der Waals surface area contributed by atoms with E-state index in [0.717, 1.165) is 0 Å². The predicted octanol–water partition coefficient (Wildman–Crippen LogP) is 1.33. The standard InChI is InChI=1S/C15H21FN2O3/c1-10-8-11(17)9-13(14(10)16)15(20)18-4-2-12(3-5-18)21-7-6-19/h8-9,12,19H,2-7,17H2,1H3. The fourth-order valence-electron chi connectivity index (χ4n) is 2.57. The van der Waals surface area contributed by atoms with Gasteiger partial charge in [-0.25, -0.2) is 4.39 Å². The first-order chi connectivity index (χ1) is 10.0. The lowest BCUT2D eigenvalue weighted by atomic mass is 10.0. The van der Waals surface area contributed by atoms with Crippen LogP contribution in [0.1, 0.15) is 28.8 Å². The molecule has 0 aliphatic carbocycles. The van der Waals surface area contributed by atoms with Gasteiger partial charge in [0.25, 0.3) is 5.91 Å². The number of hydrogen-bond donors (Lipinski definition) is 2. The zero-order valence-electron chi connectivity index (χ0n) is 12.1. The number of aliphatic hydroxyl groups excluding tert-OH is 1. The van der Waals surface area contributed by atoms with Crippen molar-refractivity contribution >= 4 is 11.6 Å². The van der Waals surface area contributed by atoms with E-state index < -0.39 is 5.82 Å². The Morgan fingerprint density at radius 1 is 1.48 bits per heavy atom. The van der Waals surface area contributed by atoms with Crippen molar-refractivity contribution in [1.82, 2.24) is 4.90 Å². The molecule has 1 aromatic rings. The smallest absolute Gasteiger partial charge is 0.256 e. The largest absolute Gasteiger partial charge is 0.399 e. The van der Waals surface area contributed by atoms with Crippen molar-refractivity contribution in [2.75, 3.05) is 32.0 Å². The number of nitrogens with zero attached hydrogens (tertiary/aromatic N) is 1. The van der Waals surface area contributed by atoms with E-state index in [4.69, 9.17) is 15.6 Å². The Hall–Kier alpha value is -1.66. The number of likely N-dealkylation sites (tertiary alicyclic amines) is 1. The van der Waals surface area contributed by atoms with E-state index in [9.17, 15) is 9.18 Å². The van der Waals surface area contributed by atoms with E-state index >= 15 is 0 Å². The number of carbonyl (C=O) groups excluding carboxylic acids is 1. The summed E-state index contributed by atoms with van der Waals surface area (Å²) in [5, 5.41) is 8.73. The van der Waals surface area contributed by atoms with Crippen molar-refractivity contribution in [3.8, 4) is 0 Å². The second-order valence-corrected chi connectivity index (χ2v) is 5.29. The van der Waals surface area contributed by atoms with Crippen LogP contribution in [0.15, 0.2) is 12.1 Å². The highest BCUT2D eigenvalue weighted by molar-refractivity contribution is 5.95. The van der Waals surface area contributed by atoms with E-state index in [1.54, 1.807) is 11.8 Å². The van der Waals surface area contributed by atoms with Gasteiger partial charge in [0.1, 0.15) is 5.82 Å². The molecule has 21 heavy (non-hydrogen) atoms. The van der Waals surface area contributed by atoms with Crippen LogP contribution < -0.4 is 5.73 Å². The lowest BCUT2D eigenvalue weighted by molar-refractivity contribution is -0.00561. The molecule has 0 spiro atoms. The van der Waals surface area contributed by atoms with E-state index in [1.165, 1.54) is 12.1 Å². The molecule has 1 aliphatic rings. The summed E-state index contributed by atoms with van der Waals surface area (Å²) in [6.07, 6.45) is 1.43. The van der Waals surface area contributed by atoms with Gasteiger partial charge < -0.3 is 20.5 Å². The molecular weight excluding hydrogens is 275 g/mol. The van der Waals surface area contributed by atoms with Crippen molar-refractivity contribution in [3.05, 3.63) is 29.1 Å². The number of aliphatic hydroxyl groups is 1. The summed E-state index contributed by atoms with van der Waals surface area (Å²) in [6.45, 7) is 2.93. The van der Waals surface area contributed by atoms with Crippen LogP contribution in [0.25, 0.3) is 0 Å². The zero-order chi connectivity index (χ0) is 15.4. The van der Waals surface area contributed by atoms with Crippen LogP contribution in [0.2, 0.25) is 0 Å². The van der Waals surface area contributed by atoms with Crippen molar-refractivity contribution in [2.45, 2.75) is 25.9 Å². The van der Waals surface area contributed by atoms with E-state index in [1.807, 2.05) is 0 Å². The second kappa shape index (κ2) is 6.87. The molecular formula is C15H21FN2O3. The number of halogens is 1. The van der Waals surface area contributed by atoms with Crippen LogP contribution in [0.5, 0.6) is 0 Å². The van der Waals surface area contributed by atoms with E-state index in [0.29, 0.717) is 43.8 Å². The topological polar surface area (TPSA) is 75.8 Å². The lowest BCUT2D eigenvalue weighted by Crippen LogP contribution is -2.41. The highest BCUT2D eigenvalue weighted by Crippen LogP contribution is 2.21. The number of amides is 1. The third kappa shape index (κ3) is 3.71. The van der Waals surface area contributed by atoms with Gasteiger partial charge in [-0.05, 0) is 37.5 Å². The lowest BCUT2D eigenvalue weighted by Gasteiger charge is -2.32. The molecule has 1 aliphatic heterocycles. The maximum atomic E-state index is 14.1. The quantitative estimate of drug-likeness (QED) is 0.822. The molecule has 1 amide bonds. The summed E-state index contributed by atoms with van der Waals surface area (Å²) in [5.74, 6) is -0.837. The Balaban J connectivity index is 2.02. The maximum absolute atomic E-state index is 14.1. The Bertz CT molecular complexity index is 514. The molecule has 0 unspecified atom stereocenters. The summed E-state index contributed by atoms with van der Waals surface area (Å²) in [6, 6.07) is 2.90. The maximum Gasteiger partial charge on any atom is 0.256 e. The number of rotatable bonds is 4. The van der Waals surface area contributed by atoms with E-state index in [-0.39, 0.29) is 24.2 Å². The number of ether oxygens (including phenoxy) is 1. The van der Waals surface area contributed by atoms with Gasteiger partial charge in [-0.3, -0.25) is 4.79 Å². The van der Waals surface area contributed by atoms with Crippen molar-refractivity contribution in [3.63, 3.8) is 0 Å². The molecule has 1 fully saturated rings. The first kappa shape index (κ1) is 15.7. The van der Waals surface area contributed by atoms with Gasteiger partial charge in [0.05, 0.1) is 24.9 Å². The number of carbonyl (C=O) groups is 1. The van der Waals surface area contributed by atoms with Gasteiger partial charge in [-0.1, -0.05) is 0 Å². The predicted molar refractivity (Wildman–Crippen MR) is 77.5 cm³/mol. The molecule has 0 aromatic heterocycles. The summed E-state index contributed by atoms with van der Waals surface area (Å²) >= 11 is 0. The Kier molecular flexibility index (Phi) is 5.14. The Morgan fingerprint density at radius 3 is 2.76 bits per heavy atom. The Labute approximate surface area is 123 Å². The summed E-state index contributed by atoms with van der Waals surface area (Å²) in [5.41, 5.74) is 6.48. The van der Waals surface area contributed by atoms with Gasteiger partial charge in [-0.2, -0.15) is 0 Å². The number of aryl methyl sites for hydroxylation is 1. The third-order valence-electron chi connectivity index (χ3n) is 3.68. The van der Waals surface area contributed by atoms with Crippen LogP contribution in [0.4, 0.5) is 10.1 Å². The normalized spacial score (nSPS) is 16.2. The minimum Gasteiger partial charge on any atom is -0.399 e. The summed E-state index contributed by atoms with van der Waals surface area (Å²) in [4.78, 5) is 14.0. The molecule has 0 bridgehead atoms. The highest BCUT2D eigenvalue weighted by Gasteiger charge is 2.26. The van der Waals surface area contributed by atoms with Crippen LogP contribution in [0.3, 0.4) is 0 Å². The molecule has 6 heteroatoms. The molecule has 1 heterocycles. The highest BCUT2D eigenvalue weighted by atomic mass is 19.1. The molecule has 1 saturated heterocycles. The fraction of sp³-hybridized carbons (Fsp3) is 0.533. The van der Waals surface area contributed by atoms with Gasteiger partial charge in [-0.15, -0.1) is 0 Å². The first-order valence-electron chi connectivity index (χ1n) is 7.10. The minimum absolute atomic E-state index is 0.00702. The van der Waals surface area contributed by atoms with Crippen molar-refractivity contribution in [2.24, 2.45) is 0 Å². The molecule has 0 radical (unpaired) electrons.